The van der Waals surface area contributed by atoms with Crippen LogP contribution < -0.4 is 0 Å². The fourth-order valence-corrected chi connectivity index (χ4v) is 3.30. The molecule has 0 aliphatic heterocycles. The summed E-state index contributed by atoms with van der Waals surface area (Å²) in [7, 11) is 0. The third kappa shape index (κ3) is 3.84. The molecule has 0 aromatic heterocycles. The summed E-state index contributed by atoms with van der Waals surface area (Å²) in [6.07, 6.45) is 0. The minimum Gasteiger partial charge on any atom is -0.158 e. The molecule has 0 aliphatic rings. The van der Waals surface area contributed by atoms with E-state index in [1.165, 1.54) is 5.75 Å². The Morgan fingerprint density at radius 1 is 0.917 bits per heavy atom. The smallest absolute Gasteiger partial charge is 0.0144 e. The van der Waals surface area contributed by atoms with Gasteiger partial charge in [-0.25, -0.2) is 0 Å². The lowest BCUT2D eigenvalue weighted by Gasteiger charge is -2.40. The summed E-state index contributed by atoms with van der Waals surface area (Å²) in [6.45, 7) is 16.3. The summed E-state index contributed by atoms with van der Waals surface area (Å²) >= 11 is 2.09. The first-order valence-corrected chi connectivity index (χ1v) is 5.86. The Bertz CT molecular complexity index is 111. The highest BCUT2D eigenvalue weighted by Crippen LogP contribution is 2.42. The van der Waals surface area contributed by atoms with Gasteiger partial charge in [-0.2, -0.15) is 11.8 Å². The van der Waals surface area contributed by atoms with Gasteiger partial charge in [0.15, 0.2) is 0 Å². The molecule has 0 saturated heterocycles. The normalized spacial score (nSPS) is 14.0. The second-order valence-electron chi connectivity index (χ2n) is 5.57. The van der Waals surface area contributed by atoms with E-state index in [0.29, 0.717) is 10.8 Å². The molecule has 1 heteroatoms. The molecule has 0 radical (unpaired) electrons. The first-order valence-electron chi connectivity index (χ1n) is 4.81. The average molecular weight is 188 g/mol. The second kappa shape index (κ2) is 4.04. The van der Waals surface area contributed by atoms with Crippen molar-refractivity contribution < 1.29 is 0 Å². The van der Waals surface area contributed by atoms with Gasteiger partial charge in [0, 0.05) is 5.25 Å². The zero-order valence-corrected chi connectivity index (χ0v) is 10.5. The molecule has 0 fully saturated rings. The molecule has 74 valence electrons. The Kier molecular flexibility index (Phi) is 4.16. The van der Waals surface area contributed by atoms with Crippen LogP contribution in [0.3, 0.4) is 0 Å². The van der Waals surface area contributed by atoms with Gasteiger partial charge in [0.25, 0.3) is 0 Å². The van der Waals surface area contributed by atoms with Gasteiger partial charge in [-0.1, -0.05) is 48.5 Å². The molecule has 0 aromatic carbocycles. The van der Waals surface area contributed by atoms with Crippen LogP contribution in [0.2, 0.25) is 0 Å². The Balaban J connectivity index is 4.45. The van der Waals surface area contributed by atoms with Gasteiger partial charge in [-0.05, 0) is 16.6 Å². The lowest BCUT2D eigenvalue weighted by atomic mass is 9.77. The van der Waals surface area contributed by atoms with Crippen molar-refractivity contribution >= 4 is 11.8 Å². The molecule has 0 rings (SSSR count). The van der Waals surface area contributed by atoms with Crippen LogP contribution in [0.1, 0.15) is 48.5 Å². The molecule has 0 amide bonds. The highest BCUT2D eigenvalue weighted by atomic mass is 32.2. The van der Waals surface area contributed by atoms with Gasteiger partial charge in [0.2, 0.25) is 0 Å². The van der Waals surface area contributed by atoms with Gasteiger partial charge in [-0.3, -0.25) is 0 Å². The lowest BCUT2D eigenvalue weighted by Crippen LogP contribution is -2.35. The number of hydrogen-bond acceptors (Lipinski definition) is 1. The molecule has 0 nitrogen and oxygen atoms in total. The molecule has 12 heavy (non-hydrogen) atoms. The first kappa shape index (κ1) is 12.3. The topological polar surface area (TPSA) is 0 Å². The third-order valence-corrected chi connectivity index (χ3v) is 3.99. The van der Waals surface area contributed by atoms with Crippen LogP contribution in [-0.2, 0) is 0 Å². The van der Waals surface area contributed by atoms with Crippen molar-refractivity contribution in [3.63, 3.8) is 0 Å². The molecular formula is C11H24S. The summed E-state index contributed by atoms with van der Waals surface area (Å²) in [6, 6.07) is 0. The predicted octanol–water partition coefficient (Wildman–Crippen LogP) is 4.20. The van der Waals surface area contributed by atoms with Gasteiger partial charge >= 0.3 is 0 Å². The summed E-state index contributed by atoms with van der Waals surface area (Å²) in [5, 5.41) is 0.745. The molecule has 0 atom stereocenters. The standard InChI is InChI=1S/C11H24S/c1-8-12-9(10(2,3)4)11(5,6)7/h9H,8H2,1-7H3. The second-order valence-corrected chi connectivity index (χ2v) is 6.95. The highest BCUT2D eigenvalue weighted by Gasteiger charge is 2.34. The van der Waals surface area contributed by atoms with Crippen LogP contribution in [0.25, 0.3) is 0 Å². The Hall–Kier alpha value is 0.350. The molecule has 0 unspecified atom stereocenters. The third-order valence-electron chi connectivity index (χ3n) is 1.91. The van der Waals surface area contributed by atoms with E-state index in [1.54, 1.807) is 0 Å². The molecule has 0 bridgehead atoms. The molecular weight excluding hydrogens is 164 g/mol. The zero-order chi connectivity index (χ0) is 9.99. The van der Waals surface area contributed by atoms with Crippen LogP contribution in [0.15, 0.2) is 0 Å². The van der Waals surface area contributed by atoms with Crippen molar-refractivity contribution in [3.05, 3.63) is 0 Å². The summed E-state index contributed by atoms with van der Waals surface area (Å²) in [4.78, 5) is 0. The monoisotopic (exact) mass is 188 g/mol. The quantitative estimate of drug-likeness (QED) is 0.626. The van der Waals surface area contributed by atoms with Crippen LogP contribution >= 0.6 is 11.8 Å². The van der Waals surface area contributed by atoms with E-state index in [9.17, 15) is 0 Å². The summed E-state index contributed by atoms with van der Waals surface area (Å²) in [5.74, 6) is 1.22. The molecule has 0 aliphatic carbocycles. The molecule has 0 heterocycles. The van der Waals surface area contributed by atoms with E-state index >= 15 is 0 Å². The number of hydrogen-bond donors (Lipinski definition) is 0. The fourth-order valence-electron chi connectivity index (χ4n) is 1.97. The van der Waals surface area contributed by atoms with E-state index in [-0.39, 0.29) is 0 Å². The van der Waals surface area contributed by atoms with E-state index in [1.807, 2.05) is 0 Å². The van der Waals surface area contributed by atoms with Crippen molar-refractivity contribution in [1.82, 2.24) is 0 Å². The van der Waals surface area contributed by atoms with Gasteiger partial charge in [-0.15, -0.1) is 0 Å². The van der Waals surface area contributed by atoms with Gasteiger partial charge < -0.3 is 0 Å². The molecule has 0 N–H and O–H groups in total. The molecule has 0 saturated carbocycles. The zero-order valence-electron chi connectivity index (χ0n) is 9.69. The van der Waals surface area contributed by atoms with E-state index in [4.69, 9.17) is 0 Å². The Morgan fingerprint density at radius 2 is 1.25 bits per heavy atom. The van der Waals surface area contributed by atoms with Crippen LogP contribution in [0.5, 0.6) is 0 Å². The minimum absolute atomic E-state index is 0.416. The van der Waals surface area contributed by atoms with E-state index in [2.05, 4.69) is 60.2 Å². The summed E-state index contributed by atoms with van der Waals surface area (Å²) in [5.41, 5.74) is 0.831. The maximum absolute atomic E-state index is 2.34. The number of thioether (sulfide) groups is 1. The minimum atomic E-state index is 0.416. The van der Waals surface area contributed by atoms with Crippen LogP contribution in [0, 0.1) is 10.8 Å². The molecule has 0 aromatic rings. The largest absolute Gasteiger partial charge is 0.158 e. The van der Waals surface area contributed by atoms with Crippen molar-refractivity contribution in [3.8, 4) is 0 Å². The van der Waals surface area contributed by atoms with Crippen LogP contribution in [0.4, 0.5) is 0 Å². The number of rotatable bonds is 2. The van der Waals surface area contributed by atoms with Crippen molar-refractivity contribution in [2.45, 2.75) is 53.7 Å². The van der Waals surface area contributed by atoms with Crippen LogP contribution in [-0.4, -0.2) is 11.0 Å². The maximum atomic E-state index is 2.34. The average Bonchev–Trinajstić information content (AvgIpc) is 1.77. The van der Waals surface area contributed by atoms with Gasteiger partial charge in [0.05, 0.1) is 0 Å². The van der Waals surface area contributed by atoms with Crippen molar-refractivity contribution in [2.75, 3.05) is 5.75 Å². The van der Waals surface area contributed by atoms with Gasteiger partial charge in [0.1, 0.15) is 0 Å². The maximum Gasteiger partial charge on any atom is 0.0144 e. The van der Waals surface area contributed by atoms with Crippen molar-refractivity contribution in [2.24, 2.45) is 10.8 Å². The SMILES string of the molecule is CCSC(C(C)(C)C)C(C)(C)C. The van der Waals surface area contributed by atoms with E-state index < -0.39 is 0 Å². The van der Waals surface area contributed by atoms with Crippen molar-refractivity contribution in [1.29, 1.82) is 0 Å². The highest BCUT2D eigenvalue weighted by molar-refractivity contribution is 7.99. The fraction of sp³-hybridized carbons (Fsp3) is 1.00. The van der Waals surface area contributed by atoms with E-state index in [0.717, 1.165) is 5.25 Å². The summed E-state index contributed by atoms with van der Waals surface area (Å²) < 4.78 is 0. The lowest BCUT2D eigenvalue weighted by molar-refractivity contribution is 0.249. The Morgan fingerprint density at radius 3 is 1.33 bits per heavy atom. The Labute approximate surface area is 82.5 Å². The predicted molar refractivity (Wildman–Crippen MR) is 60.8 cm³/mol. The first-order chi connectivity index (χ1) is 5.19. The molecule has 0 spiro atoms.